The maximum Gasteiger partial charge on any atom is 0.417 e. The van der Waals surface area contributed by atoms with Crippen LogP contribution >= 0.6 is 11.6 Å². The number of hydrogen-bond donors (Lipinski definition) is 3. The van der Waals surface area contributed by atoms with E-state index >= 15 is 0 Å². The van der Waals surface area contributed by atoms with Crippen LogP contribution in [0.1, 0.15) is 34.3 Å². The van der Waals surface area contributed by atoms with Crippen molar-refractivity contribution in [2.45, 2.75) is 32.0 Å². The first-order chi connectivity index (χ1) is 17.7. The molecule has 0 bridgehead atoms. The molecule has 5 rings (SSSR count). The molecule has 0 radical (unpaired) electrons. The van der Waals surface area contributed by atoms with Crippen molar-refractivity contribution in [1.82, 2.24) is 19.5 Å². The molecule has 2 aromatic carbocycles. The van der Waals surface area contributed by atoms with E-state index in [1.165, 1.54) is 12.4 Å². The number of benzene rings is 2. The highest BCUT2D eigenvalue weighted by molar-refractivity contribution is 6.31. The largest absolute Gasteiger partial charge is 0.417 e. The molecule has 0 saturated heterocycles. The maximum atomic E-state index is 13.2. The molecule has 37 heavy (non-hydrogen) atoms. The molecule has 4 aromatic rings. The zero-order valence-corrected chi connectivity index (χ0v) is 20.2. The second-order valence-electron chi connectivity index (χ2n) is 8.60. The number of amides is 1. The van der Waals surface area contributed by atoms with E-state index in [1.807, 2.05) is 13.0 Å². The lowest BCUT2D eigenvalue weighted by Crippen LogP contribution is -2.14. The first kappa shape index (κ1) is 24.6. The van der Waals surface area contributed by atoms with Crippen LogP contribution in [0.2, 0.25) is 5.02 Å². The van der Waals surface area contributed by atoms with Crippen molar-refractivity contribution in [2.24, 2.45) is 0 Å². The topological polar surface area (TPSA) is 96.8 Å². The fraction of sp³-hybridized carbons (Fsp3) is 0.200. The molecular formula is C25H21ClF3N7O. The minimum absolute atomic E-state index is 0.165. The van der Waals surface area contributed by atoms with E-state index in [4.69, 9.17) is 11.6 Å². The van der Waals surface area contributed by atoms with Gasteiger partial charge in [-0.1, -0.05) is 17.7 Å². The Morgan fingerprint density at radius 2 is 1.89 bits per heavy atom. The van der Waals surface area contributed by atoms with Crippen molar-refractivity contribution in [1.29, 1.82) is 0 Å². The quantitative estimate of drug-likeness (QED) is 0.264. The number of aryl methyl sites for hydroxylation is 1. The lowest BCUT2D eigenvalue weighted by atomic mass is 10.1. The zero-order chi connectivity index (χ0) is 26.2. The van der Waals surface area contributed by atoms with E-state index in [1.54, 1.807) is 35.2 Å². The van der Waals surface area contributed by atoms with Crippen LogP contribution in [0.3, 0.4) is 0 Å². The Morgan fingerprint density at radius 1 is 1.08 bits per heavy atom. The van der Waals surface area contributed by atoms with Crippen molar-refractivity contribution >= 4 is 40.6 Å². The van der Waals surface area contributed by atoms with Gasteiger partial charge in [0.1, 0.15) is 18.0 Å². The standard InChI is InChI=1S/C25H21ClF3N7O/c1-14-2-4-17(34-23(37)15-3-7-19(26)18(10-15)25(27,28)29)11-20(14)35-24-30-8-9-36(24)22-12-21(31-13-32-22)33-16-5-6-16/h2-4,7-13,16H,5-6H2,1H3,(H,30,35)(H,34,37)(H,31,32,33). The summed E-state index contributed by atoms with van der Waals surface area (Å²) in [4.78, 5) is 25.7. The summed E-state index contributed by atoms with van der Waals surface area (Å²) in [5.41, 5.74) is 0.652. The summed E-state index contributed by atoms with van der Waals surface area (Å²) < 4.78 is 41.3. The third-order valence-corrected chi connectivity index (χ3v) is 6.08. The Kier molecular flexibility index (Phi) is 6.46. The minimum Gasteiger partial charge on any atom is -0.367 e. The van der Waals surface area contributed by atoms with Gasteiger partial charge >= 0.3 is 6.18 Å². The van der Waals surface area contributed by atoms with E-state index in [-0.39, 0.29) is 5.56 Å². The summed E-state index contributed by atoms with van der Waals surface area (Å²) in [7, 11) is 0. The highest BCUT2D eigenvalue weighted by Gasteiger charge is 2.33. The molecular weight excluding hydrogens is 507 g/mol. The number of anilines is 4. The van der Waals surface area contributed by atoms with Gasteiger partial charge in [-0.3, -0.25) is 9.36 Å². The van der Waals surface area contributed by atoms with E-state index in [2.05, 4.69) is 30.9 Å². The van der Waals surface area contributed by atoms with Gasteiger partial charge in [-0.2, -0.15) is 13.2 Å². The Morgan fingerprint density at radius 3 is 2.65 bits per heavy atom. The summed E-state index contributed by atoms with van der Waals surface area (Å²) in [6.45, 7) is 1.87. The summed E-state index contributed by atoms with van der Waals surface area (Å²) in [6.07, 6.45) is 2.42. The van der Waals surface area contributed by atoms with E-state index in [9.17, 15) is 18.0 Å². The van der Waals surface area contributed by atoms with Gasteiger partial charge in [0.05, 0.1) is 10.6 Å². The molecule has 0 atom stereocenters. The number of nitrogens with one attached hydrogen (secondary N) is 3. The molecule has 0 aliphatic heterocycles. The van der Waals surface area contributed by atoms with Gasteiger partial charge < -0.3 is 16.0 Å². The van der Waals surface area contributed by atoms with Gasteiger partial charge in [-0.15, -0.1) is 0 Å². The number of alkyl halides is 3. The van der Waals surface area contributed by atoms with E-state index in [0.29, 0.717) is 29.2 Å². The highest BCUT2D eigenvalue weighted by Crippen LogP contribution is 2.35. The van der Waals surface area contributed by atoms with Gasteiger partial charge in [-0.25, -0.2) is 15.0 Å². The molecule has 2 heterocycles. The number of carbonyl (C=O) groups is 1. The number of carbonyl (C=O) groups excluding carboxylic acids is 1. The Labute approximate surface area is 214 Å². The number of nitrogens with zero attached hydrogens (tertiary/aromatic N) is 4. The van der Waals surface area contributed by atoms with Gasteiger partial charge in [-0.05, 0) is 55.7 Å². The minimum atomic E-state index is -4.67. The first-order valence-electron chi connectivity index (χ1n) is 11.4. The van der Waals surface area contributed by atoms with E-state index in [0.717, 1.165) is 36.4 Å². The molecule has 2 aromatic heterocycles. The molecule has 3 N–H and O–H groups in total. The molecule has 12 heteroatoms. The molecule has 1 aliphatic rings. The third kappa shape index (κ3) is 5.67. The van der Waals surface area contributed by atoms with Gasteiger partial charge in [0.25, 0.3) is 5.91 Å². The third-order valence-electron chi connectivity index (χ3n) is 5.75. The number of halogens is 4. The van der Waals surface area contributed by atoms with Crippen molar-refractivity contribution in [3.8, 4) is 5.82 Å². The fourth-order valence-corrected chi connectivity index (χ4v) is 3.84. The van der Waals surface area contributed by atoms with Gasteiger partial charge in [0.15, 0.2) is 0 Å². The van der Waals surface area contributed by atoms with Crippen LogP contribution in [0.25, 0.3) is 5.82 Å². The van der Waals surface area contributed by atoms with Crippen molar-refractivity contribution < 1.29 is 18.0 Å². The molecule has 0 unspecified atom stereocenters. The molecule has 1 fully saturated rings. The average molecular weight is 528 g/mol. The molecule has 190 valence electrons. The maximum absolute atomic E-state index is 13.2. The molecule has 0 spiro atoms. The van der Waals surface area contributed by atoms with Crippen LogP contribution in [0.5, 0.6) is 0 Å². The van der Waals surface area contributed by atoms with Crippen molar-refractivity contribution in [2.75, 3.05) is 16.0 Å². The zero-order valence-electron chi connectivity index (χ0n) is 19.5. The van der Waals surface area contributed by atoms with Crippen LogP contribution in [0.4, 0.5) is 36.3 Å². The fourth-order valence-electron chi connectivity index (χ4n) is 3.62. The predicted molar refractivity (Wildman–Crippen MR) is 135 cm³/mol. The van der Waals surface area contributed by atoms with Crippen molar-refractivity contribution in [3.63, 3.8) is 0 Å². The monoisotopic (exact) mass is 527 g/mol. The number of rotatable bonds is 7. The van der Waals surface area contributed by atoms with Crippen LogP contribution in [0, 0.1) is 6.92 Å². The highest BCUT2D eigenvalue weighted by atomic mass is 35.5. The molecule has 1 amide bonds. The molecule has 1 saturated carbocycles. The van der Waals surface area contributed by atoms with Gasteiger partial charge in [0.2, 0.25) is 5.95 Å². The summed E-state index contributed by atoms with van der Waals surface area (Å²) in [5.74, 6) is 1.12. The Bertz CT molecular complexity index is 1470. The Hall–Kier alpha value is -4.12. The summed E-state index contributed by atoms with van der Waals surface area (Å²) in [5, 5.41) is 8.73. The average Bonchev–Trinajstić information content (AvgIpc) is 3.55. The molecule has 8 nitrogen and oxygen atoms in total. The van der Waals surface area contributed by atoms with Crippen LogP contribution in [0.15, 0.2) is 61.2 Å². The predicted octanol–water partition coefficient (Wildman–Crippen LogP) is 6.21. The second kappa shape index (κ2) is 9.74. The normalized spacial score (nSPS) is 13.3. The number of imidazole rings is 1. The summed E-state index contributed by atoms with van der Waals surface area (Å²) >= 11 is 5.66. The van der Waals surface area contributed by atoms with Crippen LogP contribution in [-0.2, 0) is 6.18 Å². The lowest BCUT2D eigenvalue weighted by Gasteiger charge is -2.14. The number of hydrogen-bond acceptors (Lipinski definition) is 6. The smallest absolute Gasteiger partial charge is 0.367 e. The van der Waals surface area contributed by atoms with E-state index < -0.39 is 22.7 Å². The van der Waals surface area contributed by atoms with Crippen molar-refractivity contribution in [3.05, 3.63) is 82.9 Å². The SMILES string of the molecule is Cc1ccc(NC(=O)c2ccc(Cl)c(C(F)(F)F)c2)cc1Nc1nccn1-c1cc(NC2CC2)ncn1. The Balaban J connectivity index is 1.35. The van der Waals surface area contributed by atoms with Gasteiger partial charge in [0, 0.05) is 41.4 Å². The lowest BCUT2D eigenvalue weighted by molar-refractivity contribution is -0.137. The summed E-state index contributed by atoms with van der Waals surface area (Å²) in [6, 6.07) is 10.4. The number of aromatic nitrogens is 4. The first-order valence-corrected chi connectivity index (χ1v) is 11.7. The van der Waals surface area contributed by atoms with Crippen LogP contribution < -0.4 is 16.0 Å². The molecule has 1 aliphatic carbocycles. The second-order valence-corrected chi connectivity index (χ2v) is 9.01. The van der Waals surface area contributed by atoms with Crippen LogP contribution in [-0.4, -0.2) is 31.5 Å².